The summed E-state index contributed by atoms with van der Waals surface area (Å²) >= 11 is 12.2. The minimum atomic E-state index is -4.01. The molecule has 0 aliphatic rings. The van der Waals surface area contributed by atoms with Crippen LogP contribution in [-0.4, -0.2) is 27.1 Å². The summed E-state index contributed by atoms with van der Waals surface area (Å²) in [5.41, 5.74) is 4.98. The molecule has 0 spiro atoms. The van der Waals surface area contributed by atoms with Crippen molar-refractivity contribution in [2.24, 2.45) is 5.10 Å². The zero-order chi connectivity index (χ0) is 24.0. The monoisotopic (exact) mass is 503 g/mol. The lowest BCUT2D eigenvalue weighted by molar-refractivity contribution is -0.119. The molecule has 172 valence electrons. The SMILES string of the molecule is CCc1ccccc1N(CC(=O)N/N=C\c1c(Cl)cccc1Cl)S(=O)(=O)c1ccc(C)cc1. The maximum absolute atomic E-state index is 13.5. The molecule has 33 heavy (non-hydrogen) atoms. The van der Waals surface area contributed by atoms with Gasteiger partial charge >= 0.3 is 0 Å². The van der Waals surface area contributed by atoms with E-state index in [0.29, 0.717) is 27.7 Å². The minimum Gasteiger partial charge on any atom is -0.271 e. The van der Waals surface area contributed by atoms with E-state index in [1.807, 2.05) is 26.0 Å². The normalized spacial score (nSPS) is 11.5. The zero-order valence-corrected chi connectivity index (χ0v) is 20.5. The quantitative estimate of drug-likeness (QED) is 0.338. The van der Waals surface area contributed by atoms with Crippen LogP contribution in [0.4, 0.5) is 5.69 Å². The number of carbonyl (C=O) groups excluding carboxylic acids is 1. The topological polar surface area (TPSA) is 78.8 Å². The van der Waals surface area contributed by atoms with Gasteiger partial charge < -0.3 is 0 Å². The molecule has 9 heteroatoms. The van der Waals surface area contributed by atoms with Crippen LogP contribution in [-0.2, 0) is 21.2 Å². The van der Waals surface area contributed by atoms with Crippen molar-refractivity contribution in [2.75, 3.05) is 10.8 Å². The smallest absolute Gasteiger partial charge is 0.264 e. The first-order chi connectivity index (χ1) is 15.7. The number of rotatable bonds is 8. The van der Waals surface area contributed by atoms with Gasteiger partial charge in [0.05, 0.1) is 26.8 Å². The molecule has 3 aromatic rings. The van der Waals surface area contributed by atoms with Crippen LogP contribution >= 0.6 is 23.2 Å². The molecule has 0 atom stereocenters. The third kappa shape index (κ3) is 5.93. The fourth-order valence-electron chi connectivity index (χ4n) is 3.16. The van der Waals surface area contributed by atoms with Crippen LogP contribution in [0.2, 0.25) is 10.0 Å². The predicted octanol–water partition coefficient (Wildman–Crippen LogP) is 5.21. The largest absolute Gasteiger partial charge is 0.271 e. The number of para-hydroxylation sites is 1. The van der Waals surface area contributed by atoms with Crippen molar-refractivity contribution in [1.29, 1.82) is 0 Å². The molecule has 0 aliphatic heterocycles. The van der Waals surface area contributed by atoms with Crippen LogP contribution in [0.1, 0.15) is 23.6 Å². The standard InChI is InChI=1S/C24H23Cl2N3O3S/c1-3-18-7-4-5-10-23(18)29(33(31,32)19-13-11-17(2)12-14-19)16-24(30)28-27-15-20-21(25)8-6-9-22(20)26/h4-15H,3,16H2,1-2H3,(H,28,30)/b27-15-. The van der Waals surface area contributed by atoms with E-state index < -0.39 is 22.5 Å². The number of benzene rings is 3. The van der Waals surface area contributed by atoms with Crippen LogP contribution in [0.5, 0.6) is 0 Å². The van der Waals surface area contributed by atoms with Crippen molar-refractivity contribution < 1.29 is 13.2 Å². The summed E-state index contributed by atoms with van der Waals surface area (Å²) in [6, 6.07) is 18.6. The van der Waals surface area contributed by atoms with Gasteiger partial charge in [0, 0.05) is 5.56 Å². The number of hydrazone groups is 1. The summed E-state index contributed by atoms with van der Waals surface area (Å²) in [6.07, 6.45) is 1.92. The molecule has 3 aromatic carbocycles. The predicted molar refractivity (Wildman–Crippen MR) is 134 cm³/mol. The number of hydrogen-bond acceptors (Lipinski definition) is 4. The molecule has 0 fully saturated rings. The lowest BCUT2D eigenvalue weighted by Gasteiger charge is -2.25. The number of carbonyl (C=O) groups is 1. The molecule has 1 N–H and O–H groups in total. The fourth-order valence-corrected chi connectivity index (χ4v) is 5.11. The summed E-state index contributed by atoms with van der Waals surface area (Å²) in [6.45, 7) is 3.34. The lowest BCUT2D eigenvalue weighted by atomic mass is 10.1. The fraction of sp³-hybridized carbons (Fsp3) is 0.167. The van der Waals surface area contributed by atoms with E-state index in [1.54, 1.807) is 42.5 Å². The average Bonchev–Trinajstić information content (AvgIpc) is 2.79. The third-order valence-electron chi connectivity index (χ3n) is 4.92. The highest BCUT2D eigenvalue weighted by atomic mass is 35.5. The molecule has 0 saturated carbocycles. The van der Waals surface area contributed by atoms with Gasteiger partial charge in [0.1, 0.15) is 6.54 Å². The number of nitrogens with one attached hydrogen (secondary N) is 1. The van der Waals surface area contributed by atoms with Crippen molar-refractivity contribution in [3.63, 3.8) is 0 Å². The Morgan fingerprint density at radius 3 is 2.27 bits per heavy atom. The number of amides is 1. The van der Waals surface area contributed by atoms with Crippen LogP contribution in [0, 0.1) is 6.92 Å². The molecule has 0 unspecified atom stereocenters. The highest BCUT2D eigenvalue weighted by Gasteiger charge is 2.28. The number of nitrogens with zero attached hydrogens (tertiary/aromatic N) is 2. The first-order valence-corrected chi connectivity index (χ1v) is 12.4. The Morgan fingerprint density at radius 2 is 1.64 bits per heavy atom. The van der Waals surface area contributed by atoms with Crippen molar-refractivity contribution in [3.05, 3.63) is 93.5 Å². The van der Waals surface area contributed by atoms with E-state index in [-0.39, 0.29) is 4.90 Å². The molecule has 0 aromatic heterocycles. The van der Waals surface area contributed by atoms with E-state index in [9.17, 15) is 13.2 Å². The molecule has 6 nitrogen and oxygen atoms in total. The van der Waals surface area contributed by atoms with E-state index in [0.717, 1.165) is 15.4 Å². The number of aryl methyl sites for hydroxylation is 2. The number of sulfonamides is 1. The Labute approximate surface area is 203 Å². The second-order valence-electron chi connectivity index (χ2n) is 7.24. The first kappa shape index (κ1) is 24.8. The summed E-state index contributed by atoms with van der Waals surface area (Å²) in [5.74, 6) is -0.615. The second-order valence-corrected chi connectivity index (χ2v) is 9.91. The van der Waals surface area contributed by atoms with Crippen LogP contribution in [0.15, 0.2) is 76.7 Å². The van der Waals surface area contributed by atoms with Crippen LogP contribution in [0.3, 0.4) is 0 Å². The molecule has 0 heterocycles. The molecular weight excluding hydrogens is 481 g/mol. The maximum Gasteiger partial charge on any atom is 0.264 e. The summed E-state index contributed by atoms with van der Waals surface area (Å²) < 4.78 is 28.1. The third-order valence-corrected chi connectivity index (χ3v) is 7.35. The Hall–Kier alpha value is -2.87. The van der Waals surface area contributed by atoms with Gasteiger partial charge in [-0.25, -0.2) is 13.8 Å². The van der Waals surface area contributed by atoms with E-state index >= 15 is 0 Å². The van der Waals surface area contributed by atoms with Crippen molar-refractivity contribution in [1.82, 2.24) is 5.43 Å². The van der Waals surface area contributed by atoms with Gasteiger partial charge in [0.15, 0.2) is 0 Å². The first-order valence-electron chi connectivity index (χ1n) is 10.2. The Kier molecular flexibility index (Phi) is 8.13. The highest BCUT2D eigenvalue weighted by molar-refractivity contribution is 7.92. The van der Waals surface area contributed by atoms with E-state index in [1.165, 1.54) is 18.3 Å². The van der Waals surface area contributed by atoms with Crippen molar-refractivity contribution in [3.8, 4) is 0 Å². The maximum atomic E-state index is 13.5. The summed E-state index contributed by atoms with van der Waals surface area (Å²) in [4.78, 5) is 12.8. The van der Waals surface area contributed by atoms with Crippen molar-refractivity contribution >= 4 is 51.0 Å². The average molecular weight is 504 g/mol. The second kappa shape index (κ2) is 10.8. The molecule has 0 aliphatic carbocycles. The van der Waals surface area contributed by atoms with Crippen LogP contribution < -0.4 is 9.73 Å². The van der Waals surface area contributed by atoms with Gasteiger partial charge in [-0.1, -0.05) is 72.1 Å². The Morgan fingerprint density at radius 1 is 1.00 bits per heavy atom. The summed E-state index contributed by atoms with van der Waals surface area (Å²) in [7, 11) is -4.01. The number of anilines is 1. The van der Waals surface area contributed by atoms with Gasteiger partial charge in [-0.15, -0.1) is 0 Å². The highest BCUT2D eigenvalue weighted by Crippen LogP contribution is 2.27. The zero-order valence-electron chi connectivity index (χ0n) is 18.1. The Bertz CT molecular complexity index is 1260. The number of halogens is 2. The lowest BCUT2D eigenvalue weighted by Crippen LogP contribution is -2.40. The molecule has 0 saturated heterocycles. The molecular formula is C24H23Cl2N3O3S. The molecule has 0 bridgehead atoms. The Balaban J connectivity index is 1.91. The molecule has 1 amide bonds. The van der Waals surface area contributed by atoms with Gasteiger partial charge in [-0.05, 0) is 49.2 Å². The minimum absolute atomic E-state index is 0.0955. The van der Waals surface area contributed by atoms with E-state index in [4.69, 9.17) is 23.2 Å². The van der Waals surface area contributed by atoms with Gasteiger partial charge in [-0.3, -0.25) is 9.10 Å². The molecule has 3 rings (SSSR count). The van der Waals surface area contributed by atoms with Gasteiger partial charge in [0.2, 0.25) is 0 Å². The van der Waals surface area contributed by atoms with E-state index in [2.05, 4.69) is 10.5 Å². The van der Waals surface area contributed by atoms with Gasteiger partial charge in [-0.2, -0.15) is 5.10 Å². The summed E-state index contributed by atoms with van der Waals surface area (Å²) in [5, 5.41) is 4.66. The van der Waals surface area contributed by atoms with Gasteiger partial charge in [0.25, 0.3) is 15.9 Å². The van der Waals surface area contributed by atoms with Crippen LogP contribution in [0.25, 0.3) is 0 Å². The number of hydrogen-bond donors (Lipinski definition) is 1. The van der Waals surface area contributed by atoms with Crippen molar-refractivity contribution in [2.45, 2.75) is 25.2 Å². The molecule has 0 radical (unpaired) electrons.